The van der Waals surface area contributed by atoms with E-state index in [4.69, 9.17) is 21.7 Å². The minimum atomic E-state index is -0.408. The lowest BCUT2D eigenvalue weighted by Gasteiger charge is -2.13. The summed E-state index contributed by atoms with van der Waals surface area (Å²) in [6.45, 7) is 2.55. The van der Waals surface area contributed by atoms with Crippen molar-refractivity contribution in [2.75, 3.05) is 26.8 Å². The highest BCUT2D eigenvalue weighted by atomic mass is 32.2. The van der Waals surface area contributed by atoms with Crippen molar-refractivity contribution in [2.45, 2.75) is 6.92 Å². The minimum Gasteiger partial charge on any atom is -0.493 e. The zero-order chi connectivity index (χ0) is 22.4. The number of carbonyl (C=O) groups is 3. The Kier molecular flexibility index (Phi) is 7.48. The van der Waals surface area contributed by atoms with Crippen LogP contribution in [-0.2, 0) is 4.79 Å². The van der Waals surface area contributed by atoms with Gasteiger partial charge in [0.05, 0.1) is 24.2 Å². The van der Waals surface area contributed by atoms with Crippen molar-refractivity contribution >= 4 is 47.1 Å². The maximum atomic E-state index is 12.7. The molecule has 1 saturated heterocycles. The molecule has 1 aliphatic heterocycles. The molecule has 1 aromatic carbocycles. The Balaban J connectivity index is 1.65. The average molecular weight is 460 g/mol. The molecule has 0 spiro atoms. The first kappa shape index (κ1) is 22.6. The average Bonchev–Trinajstić information content (AvgIpc) is 3.02. The highest BCUT2D eigenvalue weighted by Gasteiger charge is 2.34. The van der Waals surface area contributed by atoms with Crippen LogP contribution in [0.4, 0.5) is 4.79 Å². The number of rotatable bonds is 8. The number of pyridine rings is 1. The van der Waals surface area contributed by atoms with Gasteiger partial charge in [0, 0.05) is 19.3 Å². The van der Waals surface area contributed by atoms with Crippen LogP contribution in [0.3, 0.4) is 0 Å². The van der Waals surface area contributed by atoms with Crippen LogP contribution >= 0.6 is 24.0 Å². The van der Waals surface area contributed by atoms with Gasteiger partial charge in [-0.15, -0.1) is 0 Å². The highest BCUT2D eigenvalue weighted by molar-refractivity contribution is 8.18. The lowest BCUT2D eigenvalue weighted by molar-refractivity contribution is -0.122. The third-order valence-corrected chi connectivity index (χ3v) is 5.59. The fourth-order valence-corrected chi connectivity index (χ4v) is 3.96. The standard InChI is InChI=1S/C21H21N3O5S2/c1-3-29-15-7-6-13(11-16(15)28-2)12-17-20(26)24(21(27)31-17)10-9-22-18(25)14-5-4-8-23-19(14)30/h4-8,11-12H,3,9-10H2,1-2H3,(H,22,25)(H,23,30)/b17-12-. The van der Waals surface area contributed by atoms with E-state index in [9.17, 15) is 14.4 Å². The van der Waals surface area contributed by atoms with Crippen molar-refractivity contribution in [2.24, 2.45) is 0 Å². The van der Waals surface area contributed by atoms with E-state index >= 15 is 0 Å². The van der Waals surface area contributed by atoms with Crippen molar-refractivity contribution in [3.63, 3.8) is 0 Å². The van der Waals surface area contributed by atoms with Crippen molar-refractivity contribution < 1.29 is 23.9 Å². The van der Waals surface area contributed by atoms with Crippen LogP contribution in [-0.4, -0.2) is 53.7 Å². The summed E-state index contributed by atoms with van der Waals surface area (Å²) in [5.74, 6) is 0.362. The van der Waals surface area contributed by atoms with Crippen molar-refractivity contribution in [3.8, 4) is 11.5 Å². The Labute approximate surface area is 188 Å². The highest BCUT2D eigenvalue weighted by Crippen LogP contribution is 2.34. The van der Waals surface area contributed by atoms with E-state index in [2.05, 4.69) is 10.3 Å². The minimum absolute atomic E-state index is 0.0592. The van der Waals surface area contributed by atoms with Crippen LogP contribution in [0.1, 0.15) is 22.8 Å². The summed E-state index contributed by atoms with van der Waals surface area (Å²) in [4.78, 5) is 41.4. The van der Waals surface area contributed by atoms with E-state index in [0.29, 0.717) is 38.8 Å². The van der Waals surface area contributed by atoms with E-state index in [1.807, 2.05) is 6.92 Å². The largest absolute Gasteiger partial charge is 0.493 e. The predicted octanol–water partition coefficient (Wildman–Crippen LogP) is 3.62. The molecule has 1 aliphatic rings. The van der Waals surface area contributed by atoms with Gasteiger partial charge >= 0.3 is 0 Å². The molecular weight excluding hydrogens is 438 g/mol. The summed E-state index contributed by atoms with van der Waals surface area (Å²) in [7, 11) is 1.53. The smallest absolute Gasteiger partial charge is 0.293 e. The molecule has 1 fully saturated rings. The Morgan fingerprint density at radius 2 is 2.10 bits per heavy atom. The van der Waals surface area contributed by atoms with Crippen LogP contribution in [0, 0.1) is 4.64 Å². The first-order chi connectivity index (χ1) is 14.9. The molecule has 2 N–H and O–H groups in total. The molecule has 1 aromatic heterocycles. The summed E-state index contributed by atoms with van der Waals surface area (Å²) in [5, 5.41) is 2.29. The number of carbonyl (C=O) groups excluding carboxylic acids is 3. The lowest BCUT2D eigenvalue weighted by atomic mass is 10.2. The van der Waals surface area contributed by atoms with Crippen molar-refractivity contribution in [1.29, 1.82) is 0 Å². The summed E-state index contributed by atoms with van der Waals surface area (Å²) in [6.07, 6.45) is 3.26. The third-order valence-electron chi connectivity index (χ3n) is 4.34. The SMILES string of the molecule is CCOc1ccc(/C=C2\SC(=O)N(CCNC(=O)c3ccc[nH]c3=S)C2=O)cc1OC. The summed E-state index contributed by atoms with van der Waals surface area (Å²) >= 11 is 5.93. The van der Waals surface area contributed by atoms with Gasteiger partial charge < -0.3 is 19.8 Å². The second kappa shape index (κ2) is 10.3. The van der Waals surface area contributed by atoms with Gasteiger partial charge in [-0.2, -0.15) is 0 Å². The Morgan fingerprint density at radius 1 is 1.29 bits per heavy atom. The maximum Gasteiger partial charge on any atom is 0.293 e. The molecule has 10 heteroatoms. The van der Waals surface area contributed by atoms with Crippen molar-refractivity contribution in [1.82, 2.24) is 15.2 Å². The number of hydrogen-bond acceptors (Lipinski definition) is 7. The molecule has 2 aromatic rings. The number of methoxy groups -OCH3 is 1. The van der Waals surface area contributed by atoms with Gasteiger partial charge in [-0.25, -0.2) is 0 Å². The van der Waals surface area contributed by atoms with E-state index < -0.39 is 5.91 Å². The van der Waals surface area contributed by atoms with Gasteiger partial charge in [0.2, 0.25) is 0 Å². The van der Waals surface area contributed by atoms with Gasteiger partial charge in [-0.3, -0.25) is 19.3 Å². The number of benzene rings is 1. The second-order valence-corrected chi connectivity index (χ2v) is 7.75. The van der Waals surface area contributed by atoms with E-state index in [0.717, 1.165) is 16.7 Å². The normalized spacial score (nSPS) is 14.8. The first-order valence-corrected chi connectivity index (χ1v) is 10.7. The number of amides is 3. The monoisotopic (exact) mass is 459 g/mol. The maximum absolute atomic E-state index is 12.7. The van der Waals surface area contributed by atoms with E-state index in [-0.39, 0.29) is 24.2 Å². The molecule has 8 nitrogen and oxygen atoms in total. The second-order valence-electron chi connectivity index (χ2n) is 6.35. The molecule has 3 amide bonds. The van der Waals surface area contributed by atoms with Crippen LogP contribution in [0.5, 0.6) is 11.5 Å². The number of ether oxygens (including phenoxy) is 2. The number of H-pyrrole nitrogens is 1. The topological polar surface area (TPSA) is 101 Å². The molecule has 0 aliphatic carbocycles. The number of hydrogen-bond donors (Lipinski definition) is 2. The summed E-state index contributed by atoms with van der Waals surface area (Å²) in [5.41, 5.74) is 1.04. The quantitative estimate of drug-likeness (QED) is 0.459. The van der Waals surface area contributed by atoms with Gasteiger partial charge in [0.1, 0.15) is 4.64 Å². The van der Waals surface area contributed by atoms with Gasteiger partial charge in [-0.1, -0.05) is 18.3 Å². The number of aromatic amines is 1. The van der Waals surface area contributed by atoms with Gasteiger partial charge in [-0.05, 0) is 54.6 Å². The molecule has 0 unspecified atom stereocenters. The van der Waals surface area contributed by atoms with Gasteiger partial charge in [0.15, 0.2) is 11.5 Å². The number of imide groups is 1. The zero-order valence-corrected chi connectivity index (χ0v) is 18.6. The van der Waals surface area contributed by atoms with Crippen LogP contribution in [0.15, 0.2) is 41.4 Å². The van der Waals surface area contributed by atoms with Crippen LogP contribution in [0.2, 0.25) is 0 Å². The zero-order valence-electron chi connectivity index (χ0n) is 17.0. The van der Waals surface area contributed by atoms with Crippen LogP contribution < -0.4 is 14.8 Å². The first-order valence-electron chi connectivity index (χ1n) is 9.46. The molecular formula is C21H21N3O5S2. The fraction of sp³-hybridized carbons (Fsp3) is 0.238. The Morgan fingerprint density at radius 3 is 2.81 bits per heavy atom. The number of thioether (sulfide) groups is 1. The Hall–Kier alpha value is -3.11. The lowest BCUT2D eigenvalue weighted by Crippen LogP contribution is -2.37. The van der Waals surface area contributed by atoms with E-state index in [1.54, 1.807) is 42.6 Å². The molecule has 162 valence electrons. The number of nitrogens with zero attached hydrogens (tertiary/aromatic N) is 1. The van der Waals surface area contributed by atoms with E-state index in [1.165, 1.54) is 7.11 Å². The number of nitrogens with one attached hydrogen (secondary N) is 2. The molecule has 3 rings (SSSR count). The third kappa shape index (κ3) is 5.33. The Bertz CT molecular complexity index is 1100. The number of aromatic nitrogens is 1. The summed E-state index contributed by atoms with van der Waals surface area (Å²) in [6, 6.07) is 8.54. The molecule has 2 heterocycles. The molecule has 0 bridgehead atoms. The van der Waals surface area contributed by atoms with Crippen LogP contribution in [0.25, 0.3) is 6.08 Å². The molecule has 0 saturated carbocycles. The van der Waals surface area contributed by atoms with Gasteiger partial charge in [0.25, 0.3) is 17.1 Å². The van der Waals surface area contributed by atoms with Crippen molar-refractivity contribution in [3.05, 3.63) is 57.2 Å². The molecule has 31 heavy (non-hydrogen) atoms. The fourth-order valence-electron chi connectivity index (χ4n) is 2.87. The molecule has 0 atom stereocenters. The summed E-state index contributed by atoms with van der Waals surface area (Å²) < 4.78 is 11.1. The molecule has 0 radical (unpaired) electrons. The predicted molar refractivity (Wildman–Crippen MR) is 121 cm³/mol.